The van der Waals surface area contributed by atoms with Gasteiger partial charge in [0.1, 0.15) is 0 Å². The Morgan fingerprint density at radius 1 is 0.756 bits per heavy atom. The van der Waals surface area contributed by atoms with E-state index in [1.165, 1.54) is 63.8 Å². The maximum absolute atomic E-state index is 2.63. The zero-order valence-electron chi connectivity index (χ0n) is 27.9. The minimum absolute atomic E-state index is 0. The van der Waals surface area contributed by atoms with Crippen LogP contribution in [0.1, 0.15) is 108 Å². The molecule has 6 rings (SSSR count). The first-order valence-corrected chi connectivity index (χ1v) is 18.8. The van der Waals surface area contributed by atoms with Gasteiger partial charge in [0.25, 0.3) is 0 Å². The quantitative estimate of drug-likeness (QED) is 0.221. The van der Waals surface area contributed by atoms with Crippen molar-refractivity contribution in [1.29, 1.82) is 0 Å². The first-order valence-electron chi connectivity index (χ1n) is 16.2. The summed E-state index contributed by atoms with van der Waals surface area (Å²) in [4.78, 5) is 0. The van der Waals surface area contributed by atoms with E-state index in [0.717, 1.165) is 6.42 Å². The van der Waals surface area contributed by atoms with Gasteiger partial charge in [-0.15, -0.1) is 0 Å². The van der Waals surface area contributed by atoms with Gasteiger partial charge in [0.15, 0.2) is 0 Å². The Morgan fingerprint density at radius 3 is 1.89 bits per heavy atom. The Hall–Kier alpha value is -2.18. The standard InChI is InChI=1S/C37H41.C5H5.2ClH.Zr/c1-8-9-20-30-26(3)35(37(6,7)29-18-14-11-15-19-29)24-33-31-23-34(25(2)21-27(31)22-32(30)33)36(4,5)28-16-12-10-13-17-28;1-2-4-5-3-1;;;/h10-19,21-24H,8-9,20H2,1-7H3;1-3H,4H2;2*1H;/q;;;;+2/p-2. The molecule has 2 aliphatic rings. The molecule has 1 atom stereocenters. The van der Waals surface area contributed by atoms with E-state index in [9.17, 15) is 0 Å². The van der Waals surface area contributed by atoms with Gasteiger partial charge in [0.05, 0.1) is 0 Å². The molecule has 0 aliphatic heterocycles. The van der Waals surface area contributed by atoms with Crippen molar-refractivity contribution in [2.24, 2.45) is 0 Å². The van der Waals surface area contributed by atoms with E-state index in [1.54, 1.807) is 20.0 Å². The van der Waals surface area contributed by atoms with Crippen LogP contribution in [0.2, 0.25) is 0 Å². The largest absolute Gasteiger partial charge is 1.00 e. The fourth-order valence-corrected chi connectivity index (χ4v) is 11.8. The number of hydrogen-bond donors (Lipinski definition) is 0. The van der Waals surface area contributed by atoms with Crippen LogP contribution < -0.4 is 24.8 Å². The van der Waals surface area contributed by atoms with Crippen LogP contribution in [0.15, 0.2) is 100 Å². The minimum atomic E-state index is -0.891. The number of allylic oxidation sites excluding steroid dienone is 4. The maximum atomic E-state index is 2.63. The van der Waals surface area contributed by atoms with Crippen molar-refractivity contribution in [2.45, 2.75) is 88.6 Å². The van der Waals surface area contributed by atoms with Gasteiger partial charge in [-0.05, 0) is 0 Å². The third-order valence-electron chi connectivity index (χ3n) is 10.3. The van der Waals surface area contributed by atoms with Crippen molar-refractivity contribution in [3.8, 4) is 11.1 Å². The second kappa shape index (κ2) is 14.3. The van der Waals surface area contributed by atoms with Gasteiger partial charge in [0.2, 0.25) is 0 Å². The molecule has 4 aromatic rings. The van der Waals surface area contributed by atoms with Gasteiger partial charge in [-0.2, -0.15) is 0 Å². The summed E-state index contributed by atoms with van der Waals surface area (Å²) in [6.45, 7) is 16.8. The van der Waals surface area contributed by atoms with Crippen LogP contribution in [0.5, 0.6) is 0 Å². The summed E-state index contributed by atoms with van der Waals surface area (Å²) in [5.41, 5.74) is 16.5. The average molecular weight is 713 g/mol. The summed E-state index contributed by atoms with van der Waals surface area (Å²) < 4.78 is 2.30. The Bertz CT molecular complexity index is 1710. The fraction of sp³-hybridized carbons (Fsp3) is 0.333. The van der Waals surface area contributed by atoms with E-state index in [1.807, 2.05) is 0 Å². The summed E-state index contributed by atoms with van der Waals surface area (Å²) in [6, 6.07) is 30.1. The van der Waals surface area contributed by atoms with Crippen LogP contribution >= 0.6 is 0 Å². The monoisotopic (exact) mass is 710 g/mol. The number of halogens is 2. The molecule has 3 heteroatoms. The van der Waals surface area contributed by atoms with Crippen LogP contribution in [-0.2, 0) is 40.5 Å². The molecule has 0 amide bonds. The number of rotatable bonds is 9. The molecule has 1 unspecified atom stereocenters. The van der Waals surface area contributed by atoms with Gasteiger partial charge < -0.3 is 24.8 Å². The van der Waals surface area contributed by atoms with E-state index >= 15 is 0 Å². The van der Waals surface area contributed by atoms with Gasteiger partial charge in [-0.25, -0.2) is 0 Å². The average Bonchev–Trinajstić information content (AvgIpc) is 3.63. The molecular formula is C42H46Cl2Zr. The molecular weight excluding hydrogens is 667 g/mol. The Labute approximate surface area is 296 Å². The summed E-state index contributed by atoms with van der Waals surface area (Å²) in [5, 5.41) is 0. The molecule has 0 N–H and O–H groups in total. The van der Waals surface area contributed by atoms with Crippen molar-refractivity contribution in [1.82, 2.24) is 0 Å². The number of fused-ring (bicyclic) bond motifs is 3. The van der Waals surface area contributed by atoms with Crippen LogP contribution in [0.3, 0.4) is 0 Å². The molecule has 0 bridgehead atoms. The molecule has 0 radical (unpaired) electrons. The third kappa shape index (κ3) is 6.52. The van der Waals surface area contributed by atoms with E-state index in [-0.39, 0.29) is 35.6 Å². The Morgan fingerprint density at radius 2 is 1.33 bits per heavy atom. The predicted molar refractivity (Wildman–Crippen MR) is 181 cm³/mol. The first kappa shape index (κ1) is 35.7. The minimum Gasteiger partial charge on any atom is -1.00 e. The molecule has 232 valence electrons. The molecule has 0 saturated heterocycles. The topological polar surface area (TPSA) is 0 Å². The summed E-state index contributed by atoms with van der Waals surface area (Å²) in [7, 11) is 0. The SMILES string of the molecule is CCCCc1c(C)c(C(C)(C)c2ccccc2)cc2c1[CH]([Zr+2][C]1=CC=CC1)c1cc(C)c(C(C)(C)c3ccccc3)cc1-2.[Cl-].[Cl-]. The molecule has 0 saturated carbocycles. The maximum Gasteiger partial charge on any atom is -1.00 e. The second-order valence-corrected chi connectivity index (χ2v) is 17.4. The van der Waals surface area contributed by atoms with E-state index < -0.39 is 23.2 Å². The van der Waals surface area contributed by atoms with E-state index in [2.05, 4.69) is 146 Å². The van der Waals surface area contributed by atoms with Crippen LogP contribution in [0.4, 0.5) is 0 Å². The van der Waals surface area contributed by atoms with Crippen LogP contribution in [-0.4, -0.2) is 0 Å². The molecule has 0 aromatic heterocycles. The van der Waals surface area contributed by atoms with Crippen molar-refractivity contribution in [3.05, 3.63) is 150 Å². The summed E-state index contributed by atoms with van der Waals surface area (Å²) in [6.07, 6.45) is 11.9. The molecule has 4 aromatic carbocycles. The smallest absolute Gasteiger partial charge is 1.00 e. The fourth-order valence-electron chi connectivity index (χ4n) is 7.68. The second-order valence-electron chi connectivity index (χ2n) is 13.7. The van der Waals surface area contributed by atoms with Crippen molar-refractivity contribution < 1.29 is 48.0 Å². The van der Waals surface area contributed by atoms with Gasteiger partial charge in [-0.3, -0.25) is 0 Å². The van der Waals surface area contributed by atoms with Gasteiger partial charge in [-0.1, -0.05) is 0 Å². The Kier molecular flexibility index (Phi) is 11.3. The van der Waals surface area contributed by atoms with Crippen LogP contribution in [0, 0.1) is 13.8 Å². The van der Waals surface area contributed by atoms with Crippen LogP contribution in [0.25, 0.3) is 11.1 Å². The molecule has 0 heterocycles. The van der Waals surface area contributed by atoms with E-state index in [0.29, 0.717) is 3.63 Å². The molecule has 0 fully saturated rings. The zero-order valence-corrected chi connectivity index (χ0v) is 31.9. The number of unbranched alkanes of at least 4 members (excludes halogenated alkanes) is 1. The van der Waals surface area contributed by atoms with E-state index in [4.69, 9.17) is 0 Å². The predicted octanol–water partition coefficient (Wildman–Crippen LogP) is 5.30. The normalized spacial score (nSPS) is 15.0. The third-order valence-corrected chi connectivity index (χ3v) is 14.3. The Balaban J connectivity index is 0.00000230. The van der Waals surface area contributed by atoms with Crippen molar-refractivity contribution in [3.63, 3.8) is 0 Å². The number of benzene rings is 4. The first-order chi connectivity index (χ1) is 20.6. The molecule has 45 heavy (non-hydrogen) atoms. The summed E-state index contributed by atoms with van der Waals surface area (Å²) in [5.74, 6) is 0. The molecule has 0 nitrogen and oxygen atoms in total. The summed E-state index contributed by atoms with van der Waals surface area (Å²) >= 11 is -0.891. The zero-order chi connectivity index (χ0) is 30.4. The van der Waals surface area contributed by atoms with Crippen molar-refractivity contribution >= 4 is 0 Å². The van der Waals surface area contributed by atoms with Gasteiger partial charge >= 0.3 is 273 Å². The number of aryl methyl sites for hydroxylation is 1. The van der Waals surface area contributed by atoms with Gasteiger partial charge in [0, 0.05) is 0 Å². The number of hydrogen-bond acceptors (Lipinski definition) is 0. The molecule has 0 spiro atoms. The van der Waals surface area contributed by atoms with Crippen molar-refractivity contribution in [2.75, 3.05) is 0 Å². The molecule has 2 aliphatic carbocycles.